The summed E-state index contributed by atoms with van der Waals surface area (Å²) in [6.07, 6.45) is 0.159. The van der Waals surface area contributed by atoms with Crippen LogP contribution in [0.2, 0.25) is 5.02 Å². The number of amides is 2. The SMILES string of the molecule is COc1ccc(Cl)cc1N1C[C@H](C(=O)Nc2c(C)cccc2C)CC1=O. The van der Waals surface area contributed by atoms with E-state index in [2.05, 4.69) is 5.32 Å². The van der Waals surface area contributed by atoms with Crippen LogP contribution in [0.5, 0.6) is 5.75 Å². The third-order valence-electron chi connectivity index (χ3n) is 4.66. The summed E-state index contributed by atoms with van der Waals surface area (Å²) < 4.78 is 5.33. The molecule has 1 aliphatic heterocycles. The first-order valence-corrected chi connectivity index (χ1v) is 8.79. The summed E-state index contributed by atoms with van der Waals surface area (Å²) in [4.78, 5) is 26.8. The molecule has 1 heterocycles. The molecule has 0 bridgehead atoms. The topological polar surface area (TPSA) is 58.6 Å². The van der Waals surface area contributed by atoms with Crippen molar-refractivity contribution in [3.05, 3.63) is 52.5 Å². The van der Waals surface area contributed by atoms with Gasteiger partial charge in [-0.05, 0) is 43.2 Å². The van der Waals surface area contributed by atoms with Gasteiger partial charge in [0.1, 0.15) is 5.75 Å². The number of anilines is 2. The molecule has 1 fully saturated rings. The first-order chi connectivity index (χ1) is 12.4. The number of halogens is 1. The molecule has 1 N–H and O–H groups in total. The van der Waals surface area contributed by atoms with Gasteiger partial charge in [-0.3, -0.25) is 9.59 Å². The first kappa shape index (κ1) is 18.3. The second-order valence-corrected chi connectivity index (χ2v) is 6.91. The van der Waals surface area contributed by atoms with Crippen molar-refractivity contribution in [1.29, 1.82) is 0 Å². The Kier molecular flexibility index (Phi) is 5.18. The molecule has 1 aliphatic rings. The third kappa shape index (κ3) is 3.53. The van der Waals surface area contributed by atoms with E-state index in [9.17, 15) is 9.59 Å². The van der Waals surface area contributed by atoms with Gasteiger partial charge in [-0.1, -0.05) is 29.8 Å². The Balaban J connectivity index is 1.80. The first-order valence-electron chi connectivity index (χ1n) is 8.41. The number of benzene rings is 2. The van der Waals surface area contributed by atoms with Crippen molar-refractivity contribution in [1.82, 2.24) is 0 Å². The molecule has 0 unspecified atom stereocenters. The molecule has 1 saturated heterocycles. The molecule has 2 aromatic carbocycles. The summed E-state index contributed by atoms with van der Waals surface area (Å²) in [6, 6.07) is 11.0. The molecule has 2 amide bonds. The zero-order chi connectivity index (χ0) is 18.8. The van der Waals surface area contributed by atoms with Crippen molar-refractivity contribution >= 4 is 34.8 Å². The molecule has 3 rings (SSSR count). The molecule has 0 radical (unpaired) electrons. The number of rotatable bonds is 4. The Morgan fingerprint density at radius 1 is 1.23 bits per heavy atom. The molecule has 0 aliphatic carbocycles. The molecule has 5 nitrogen and oxygen atoms in total. The number of aryl methyl sites for hydroxylation is 2. The average molecular weight is 373 g/mol. The minimum absolute atomic E-state index is 0.118. The van der Waals surface area contributed by atoms with E-state index in [0.29, 0.717) is 23.0 Å². The molecule has 6 heteroatoms. The highest BCUT2D eigenvalue weighted by atomic mass is 35.5. The third-order valence-corrected chi connectivity index (χ3v) is 4.89. The van der Waals surface area contributed by atoms with Crippen molar-refractivity contribution in [2.45, 2.75) is 20.3 Å². The second kappa shape index (κ2) is 7.38. The molecule has 0 saturated carbocycles. The van der Waals surface area contributed by atoms with Crippen LogP contribution in [-0.2, 0) is 9.59 Å². The van der Waals surface area contributed by atoms with Crippen molar-refractivity contribution in [3.8, 4) is 5.75 Å². The molecular weight excluding hydrogens is 352 g/mol. The largest absolute Gasteiger partial charge is 0.495 e. The lowest BCUT2D eigenvalue weighted by molar-refractivity contribution is -0.122. The smallest absolute Gasteiger partial charge is 0.229 e. The highest BCUT2D eigenvalue weighted by Gasteiger charge is 2.36. The molecule has 0 spiro atoms. The van der Waals surface area contributed by atoms with Crippen molar-refractivity contribution in [2.24, 2.45) is 5.92 Å². The summed E-state index contributed by atoms with van der Waals surface area (Å²) in [5, 5.41) is 3.49. The van der Waals surface area contributed by atoms with E-state index >= 15 is 0 Å². The lowest BCUT2D eigenvalue weighted by Gasteiger charge is -2.20. The Morgan fingerprint density at radius 3 is 2.58 bits per heavy atom. The Hall–Kier alpha value is -2.53. The van der Waals surface area contributed by atoms with Crippen LogP contribution in [0.25, 0.3) is 0 Å². The van der Waals surface area contributed by atoms with Crippen LogP contribution in [-0.4, -0.2) is 25.5 Å². The fourth-order valence-electron chi connectivity index (χ4n) is 3.23. The summed E-state index contributed by atoms with van der Waals surface area (Å²) in [6.45, 7) is 4.20. The van der Waals surface area contributed by atoms with E-state index in [1.54, 1.807) is 30.2 Å². The monoisotopic (exact) mass is 372 g/mol. The molecule has 1 atom stereocenters. The number of para-hydroxylation sites is 1. The Labute approximate surface area is 157 Å². The number of hydrogen-bond donors (Lipinski definition) is 1. The van der Waals surface area contributed by atoms with E-state index in [1.807, 2.05) is 32.0 Å². The number of carbonyl (C=O) groups is 2. The van der Waals surface area contributed by atoms with Crippen LogP contribution in [0.15, 0.2) is 36.4 Å². The van der Waals surface area contributed by atoms with Crippen molar-refractivity contribution in [2.75, 3.05) is 23.9 Å². The van der Waals surface area contributed by atoms with Gasteiger partial charge in [-0.25, -0.2) is 0 Å². The molecule has 26 heavy (non-hydrogen) atoms. The Bertz CT molecular complexity index is 846. The molecule has 0 aromatic heterocycles. The second-order valence-electron chi connectivity index (χ2n) is 6.48. The number of carbonyl (C=O) groups excluding carboxylic acids is 2. The van der Waals surface area contributed by atoms with E-state index < -0.39 is 5.92 Å². The van der Waals surface area contributed by atoms with Gasteiger partial charge in [0, 0.05) is 23.7 Å². The maximum atomic E-state index is 12.7. The predicted octanol–water partition coefficient (Wildman–Crippen LogP) is 3.96. The number of nitrogens with one attached hydrogen (secondary N) is 1. The standard InChI is InChI=1S/C20H21ClN2O3/c1-12-5-4-6-13(2)19(12)22-20(25)14-9-18(24)23(11-14)16-10-15(21)7-8-17(16)26-3/h4-8,10,14H,9,11H2,1-3H3,(H,22,25)/t14-/m1/s1. The predicted molar refractivity (Wildman–Crippen MR) is 103 cm³/mol. The van der Waals surface area contributed by atoms with Gasteiger partial charge in [0.25, 0.3) is 0 Å². The van der Waals surface area contributed by atoms with Gasteiger partial charge in [0.15, 0.2) is 0 Å². The van der Waals surface area contributed by atoms with Crippen LogP contribution in [0.3, 0.4) is 0 Å². The number of hydrogen-bond acceptors (Lipinski definition) is 3. The Morgan fingerprint density at radius 2 is 1.92 bits per heavy atom. The van der Waals surface area contributed by atoms with Gasteiger partial charge in [0.05, 0.1) is 18.7 Å². The van der Waals surface area contributed by atoms with E-state index in [-0.39, 0.29) is 18.2 Å². The number of methoxy groups -OCH3 is 1. The quantitative estimate of drug-likeness (QED) is 0.883. The van der Waals surface area contributed by atoms with Crippen molar-refractivity contribution < 1.29 is 14.3 Å². The maximum Gasteiger partial charge on any atom is 0.229 e. The van der Waals surface area contributed by atoms with Gasteiger partial charge < -0.3 is 15.0 Å². The van der Waals surface area contributed by atoms with E-state index in [1.165, 1.54) is 0 Å². The maximum absolute atomic E-state index is 12.7. The zero-order valence-corrected chi connectivity index (χ0v) is 15.8. The summed E-state index contributed by atoms with van der Waals surface area (Å²) in [5.41, 5.74) is 3.39. The van der Waals surface area contributed by atoms with Crippen LogP contribution in [0, 0.1) is 19.8 Å². The van der Waals surface area contributed by atoms with Crippen LogP contribution >= 0.6 is 11.6 Å². The fourth-order valence-corrected chi connectivity index (χ4v) is 3.39. The average Bonchev–Trinajstić information content (AvgIpc) is 3.00. The zero-order valence-electron chi connectivity index (χ0n) is 15.0. The van der Waals surface area contributed by atoms with Gasteiger partial charge in [0.2, 0.25) is 11.8 Å². The number of ether oxygens (including phenoxy) is 1. The summed E-state index contributed by atoms with van der Waals surface area (Å²) in [5.74, 6) is -0.143. The molecular formula is C20H21ClN2O3. The fraction of sp³-hybridized carbons (Fsp3) is 0.300. The highest BCUT2D eigenvalue weighted by Crippen LogP contribution is 2.35. The number of nitrogens with zero attached hydrogens (tertiary/aromatic N) is 1. The summed E-state index contributed by atoms with van der Waals surface area (Å²) in [7, 11) is 1.54. The highest BCUT2D eigenvalue weighted by molar-refractivity contribution is 6.31. The normalized spacial score (nSPS) is 16.7. The van der Waals surface area contributed by atoms with Gasteiger partial charge in [-0.2, -0.15) is 0 Å². The van der Waals surface area contributed by atoms with Gasteiger partial charge >= 0.3 is 0 Å². The lowest BCUT2D eigenvalue weighted by atomic mass is 10.1. The summed E-state index contributed by atoms with van der Waals surface area (Å²) >= 11 is 6.07. The van der Waals surface area contributed by atoms with Crippen molar-refractivity contribution in [3.63, 3.8) is 0 Å². The minimum atomic E-state index is -0.426. The van der Waals surface area contributed by atoms with Crippen LogP contribution < -0.4 is 15.0 Å². The van der Waals surface area contributed by atoms with Crippen LogP contribution in [0.1, 0.15) is 17.5 Å². The molecule has 2 aromatic rings. The van der Waals surface area contributed by atoms with E-state index in [4.69, 9.17) is 16.3 Å². The minimum Gasteiger partial charge on any atom is -0.495 e. The van der Waals surface area contributed by atoms with Crippen LogP contribution in [0.4, 0.5) is 11.4 Å². The lowest BCUT2D eigenvalue weighted by Crippen LogP contribution is -2.28. The van der Waals surface area contributed by atoms with E-state index in [0.717, 1.165) is 16.8 Å². The van der Waals surface area contributed by atoms with Gasteiger partial charge in [-0.15, -0.1) is 0 Å². The molecule has 136 valence electrons.